The highest BCUT2D eigenvalue weighted by Crippen LogP contribution is 2.43. The van der Waals surface area contributed by atoms with Crippen molar-refractivity contribution in [3.8, 4) is 5.75 Å². The van der Waals surface area contributed by atoms with E-state index in [1.54, 1.807) is 24.5 Å². The number of anilines is 1. The number of benzene rings is 1. The van der Waals surface area contributed by atoms with Crippen LogP contribution in [-0.4, -0.2) is 76.1 Å². The molecule has 2 aromatic rings. The van der Waals surface area contributed by atoms with Crippen LogP contribution >= 0.6 is 0 Å². The molecule has 0 spiro atoms. The lowest BCUT2D eigenvalue weighted by atomic mass is 9.82. The number of nitrogens with zero attached hydrogens (tertiary/aromatic N) is 3. The van der Waals surface area contributed by atoms with Crippen LogP contribution in [0, 0.1) is 11.3 Å². The van der Waals surface area contributed by atoms with Gasteiger partial charge in [-0.15, -0.1) is 0 Å². The Labute approximate surface area is 167 Å². The first kappa shape index (κ1) is 18.1. The fourth-order valence-corrected chi connectivity index (χ4v) is 4.79. The van der Waals surface area contributed by atoms with Crippen LogP contribution in [0.1, 0.15) is 16.1 Å². The number of hydrogen-bond donors (Lipinski definition) is 3. The fourth-order valence-electron chi connectivity index (χ4n) is 4.79. The number of rotatable bonds is 4. The second-order valence-corrected chi connectivity index (χ2v) is 8.20. The van der Waals surface area contributed by atoms with E-state index in [0.29, 0.717) is 30.1 Å². The molecule has 0 radical (unpaired) electrons. The zero-order valence-corrected chi connectivity index (χ0v) is 15.9. The molecular formula is C20H23N5O4. The van der Waals surface area contributed by atoms with Crippen LogP contribution < -0.4 is 10.1 Å². The summed E-state index contributed by atoms with van der Waals surface area (Å²) in [6.45, 7) is 3.50. The molecule has 9 heteroatoms. The molecule has 2 unspecified atom stereocenters. The predicted molar refractivity (Wildman–Crippen MR) is 103 cm³/mol. The molecule has 3 aliphatic rings. The first-order valence-electron chi connectivity index (χ1n) is 9.73. The molecule has 152 valence electrons. The van der Waals surface area contributed by atoms with Crippen molar-refractivity contribution in [2.75, 3.05) is 44.7 Å². The molecule has 1 aromatic carbocycles. The maximum atomic E-state index is 13.1. The van der Waals surface area contributed by atoms with Crippen molar-refractivity contribution in [3.05, 3.63) is 42.0 Å². The lowest BCUT2D eigenvalue weighted by Crippen LogP contribution is -2.39. The molecule has 3 aliphatic heterocycles. The number of aliphatic hydroxyl groups is 1. The number of H-pyrrole nitrogens is 1. The van der Waals surface area contributed by atoms with E-state index >= 15 is 0 Å². The van der Waals surface area contributed by atoms with Crippen LogP contribution in [0.4, 0.5) is 5.69 Å². The summed E-state index contributed by atoms with van der Waals surface area (Å²) in [5, 5.41) is 12.9. The Morgan fingerprint density at radius 2 is 2.24 bits per heavy atom. The van der Waals surface area contributed by atoms with Crippen LogP contribution in [0.2, 0.25) is 0 Å². The van der Waals surface area contributed by atoms with Gasteiger partial charge < -0.3 is 25.0 Å². The minimum Gasteiger partial charge on any atom is -0.482 e. The second kappa shape index (κ2) is 6.85. The van der Waals surface area contributed by atoms with E-state index in [2.05, 4.69) is 20.2 Å². The number of aromatic amines is 1. The Morgan fingerprint density at radius 1 is 1.34 bits per heavy atom. The average Bonchev–Trinajstić information content (AvgIpc) is 3.42. The number of aliphatic hydroxyl groups excluding tert-OH is 1. The number of likely N-dealkylation sites (tertiary alicyclic amines) is 2. The summed E-state index contributed by atoms with van der Waals surface area (Å²) in [6, 6.07) is 5.09. The third-order valence-corrected chi connectivity index (χ3v) is 6.24. The molecule has 0 saturated carbocycles. The molecule has 2 amide bonds. The van der Waals surface area contributed by atoms with Gasteiger partial charge in [0.15, 0.2) is 6.61 Å². The van der Waals surface area contributed by atoms with Crippen molar-refractivity contribution >= 4 is 17.5 Å². The molecule has 3 N–H and O–H groups in total. The number of fused-ring (bicyclic) bond motifs is 2. The molecule has 4 heterocycles. The summed E-state index contributed by atoms with van der Waals surface area (Å²) in [4.78, 5) is 35.8. The van der Waals surface area contributed by atoms with Crippen molar-refractivity contribution in [3.63, 3.8) is 0 Å². The van der Waals surface area contributed by atoms with Crippen LogP contribution in [0.3, 0.4) is 0 Å². The van der Waals surface area contributed by atoms with Gasteiger partial charge in [0.25, 0.3) is 11.8 Å². The number of carbonyl (C=O) groups excluding carboxylic acids is 2. The first-order chi connectivity index (χ1) is 14.1. The van der Waals surface area contributed by atoms with Crippen molar-refractivity contribution < 1.29 is 19.4 Å². The summed E-state index contributed by atoms with van der Waals surface area (Å²) in [5.41, 5.74) is 1.86. The van der Waals surface area contributed by atoms with E-state index in [0.717, 1.165) is 25.3 Å². The van der Waals surface area contributed by atoms with Gasteiger partial charge in [0.05, 0.1) is 18.6 Å². The SMILES string of the molecule is O=C1COc2cc(C(=O)N3CC4CN(Cc5cnc[nH]5)CC4(CO)C3)ccc2N1. The van der Waals surface area contributed by atoms with E-state index in [1.165, 1.54) is 0 Å². The third kappa shape index (κ3) is 3.16. The normalized spacial score (nSPS) is 26.0. The molecule has 0 aliphatic carbocycles. The number of nitrogens with one attached hydrogen (secondary N) is 2. The quantitative estimate of drug-likeness (QED) is 0.685. The summed E-state index contributed by atoms with van der Waals surface area (Å²) >= 11 is 0. The van der Waals surface area contributed by atoms with Gasteiger partial charge in [0.1, 0.15) is 5.75 Å². The van der Waals surface area contributed by atoms with Crippen molar-refractivity contribution in [2.24, 2.45) is 11.3 Å². The highest BCUT2D eigenvalue weighted by molar-refractivity contribution is 5.99. The van der Waals surface area contributed by atoms with E-state index < -0.39 is 0 Å². The Morgan fingerprint density at radius 3 is 3.00 bits per heavy atom. The van der Waals surface area contributed by atoms with Gasteiger partial charge in [0, 0.05) is 55.6 Å². The number of amides is 2. The van der Waals surface area contributed by atoms with Crippen LogP contribution in [0.5, 0.6) is 5.75 Å². The lowest BCUT2D eigenvalue weighted by molar-refractivity contribution is -0.118. The van der Waals surface area contributed by atoms with Gasteiger partial charge in [-0.05, 0) is 24.1 Å². The molecule has 1 aromatic heterocycles. The molecule has 0 bridgehead atoms. The molecule has 2 saturated heterocycles. The zero-order chi connectivity index (χ0) is 20.0. The van der Waals surface area contributed by atoms with Crippen molar-refractivity contribution in [1.29, 1.82) is 0 Å². The Bertz CT molecular complexity index is 946. The number of hydrogen-bond acceptors (Lipinski definition) is 6. The molecule has 5 rings (SSSR count). The summed E-state index contributed by atoms with van der Waals surface area (Å²) < 4.78 is 5.43. The number of ether oxygens (including phenoxy) is 1. The van der Waals surface area contributed by atoms with Gasteiger partial charge in [-0.2, -0.15) is 0 Å². The Kier molecular flexibility index (Phi) is 4.29. The van der Waals surface area contributed by atoms with Gasteiger partial charge >= 0.3 is 0 Å². The minimum atomic E-state index is -0.297. The maximum absolute atomic E-state index is 13.1. The molecule has 2 fully saturated rings. The highest BCUT2D eigenvalue weighted by Gasteiger charge is 2.53. The van der Waals surface area contributed by atoms with Gasteiger partial charge in [-0.1, -0.05) is 0 Å². The third-order valence-electron chi connectivity index (χ3n) is 6.24. The number of aromatic nitrogens is 2. The second-order valence-electron chi connectivity index (χ2n) is 8.20. The largest absolute Gasteiger partial charge is 0.482 e. The van der Waals surface area contributed by atoms with Crippen molar-refractivity contribution in [1.82, 2.24) is 19.8 Å². The standard InChI is InChI=1S/C20H23N5O4/c26-11-20-9-24(7-15-4-21-12-22-15)5-14(20)6-25(10-20)19(28)13-1-2-16-17(3-13)29-8-18(27)23-16/h1-4,12,14,26H,5-11H2,(H,21,22)(H,23,27). The molecule has 29 heavy (non-hydrogen) atoms. The predicted octanol–water partition coefficient (Wildman–Crippen LogP) is 0.307. The van der Waals surface area contributed by atoms with Crippen LogP contribution in [0.25, 0.3) is 0 Å². The minimum absolute atomic E-state index is 0.0454. The van der Waals surface area contributed by atoms with Crippen LogP contribution in [0.15, 0.2) is 30.7 Å². The number of imidazole rings is 1. The van der Waals surface area contributed by atoms with Crippen LogP contribution in [-0.2, 0) is 11.3 Å². The topological polar surface area (TPSA) is 111 Å². The Hall–Kier alpha value is -2.91. The molecule has 9 nitrogen and oxygen atoms in total. The van der Waals surface area contributed by atoms with Gasteiger partial charge in [-0.3, -0.25) is 14.5 Å². The zero-order valence-electron chi connectivity index (χ0n) is 15.9. The van der Waals surface area contributed by atoms with E-state index in [9.17, 15) is 14.7 Å². The van der Waals surface area contributed by atoms with Gasteiger partial charge in [0.2, 0.25) is 0 Å². The average molecular weight is 397 g/mol. The van der Waals surface area contributed by atoms with E-state index in [-0.39, 0.29) is 36.4 Å². The summed E-state index contributed by atoms with van der Waals surface area (Å²) in [7, 11) is 0. The summed E-state index contributed by atoms with van der Waals surface area (Å²) in [5.74, 6) is 0.467. The fraction of sp³-hybridized carbons (Fsp3) is 0.450. The van der Waals surface area contributed by atoms with E-state index in [1.807, 2.05) is 11.1 Å². The van der Waals surface area contributed by atoms with E-state index in [4.69, 9.17) is 4.74 Å². The maximum Gasteiger partial charge on any atom is 0.262 e. The molecular weight excluding hydrogens is 374 g/mol. The number of carbonyl (C=O) groups is 2. The highest BCUT2D eigenvalue weighted by atomic mass is 16.5. The Balaban J connectivity index is 1.29. The smallest absolute Gasteiger partial charge is 0.262 e. The molecule has 2 atom stereocenters. The monoisotopic (exact) mass is 397 g/mol. The lowest BCUT2D eigenvalue weighted by Gasteiger charge is -2.27. The summed E-state index contributed by atoms with van der Waals surface area (Å²) in [6.07, 6.45) is 3.48. The van der Waals surface area contributed by atoms with Crippen molar-refractivity contribution in [2.45, 2.75) is 6.54 Å². The van der Waals surface area contributed by atoms with Gasteiger partial charge in [-0.25, -0.2) is 4.98 Å². The first-order valence-corrected chi connectivity index (χ1v) is 9.73.